The summed E-state index contributed by atoms with van der Waals surface area (Å²) in [6, 6.07) is 2.46. The second kappa shape index (κ2) is 2.69. The molecule has 0 saturated heterocycles. The number of hydrogen-bond donors (Lipinski definition) is 0. The van der Waals surface area contributed by atoms with Crippen molar-refractivity contribution in [3.8, 4) is 0 Å². The molecule has 0 saturated carbocycles. The van der Waals surface area contributed by atoms with Gasteiger partial charge in [-0.25, -0.2) is 8.78 Å². The van der Waals surface area contributed by atoms with E-state index in [1.807, 2.05) is 0 Å². The molecule has 1 unspecified atom stereocenters. The summed E-state index contributed by atoms with van der Waals surface area (Å²) in [5.74, 6) is -0.864. The predicted molar refractivity (Wildman–Crippen MR) is 55.4 cm³/mol. The summed E-state index contributed by atoms with van der Waals surface area (Å²) >= 11 is 0. The highest BCUT2D eigenvalue weighted by atomic mass is 19.1. The van der Waals surface area contributed by atoms with Crippen molar-refractivity contribution in [2.24, 2.45) is 5.41 Å². The van der Waals surface area contributed by atoms with Crippen LogP contribution in [0, 0.1) is 17.0 Å². The van der Waals surface area contributed by atoms with Crippen LogP contribution in [0.15, 0.2) is 18.2 Å². The SMILES string of the molecule is CC12CCC=C1c1c(F)cc(F)cc1C2. The van der Waals surface area contributed by atoms with E-state index in [1.165, 1.54) is 6.07 Å². The molecular formula is C13H12F2. The lowest BCUT2D eigenvalue weighted by atomic mass is 9.84. The molecule has 0 N–H and O–H groups in total. The van der Waals surface area contributed by atoms with Gasteiger partial charge < -0.3 is 0 Å². The highest BCUT2D eigenvalue weighted by Crippen LogP contribution is 2.53. The Morgan fingerprint density at radius 2 is 2.07 bits per heavy atom. The van der Waals surface area contributed by atoms with Crippen molar-refractivity contribution in [2.75, 3.05) is 0 Å². The van der Waals surface area contributed by atoms with Crippen LogP contribution in [-0.4, -0.2) is 0 Å². The fraction of sp³-hybridized carbons (Fsp3) is 0.385. The first-order chi connectivity index (χ1) is 7.10. The van der Waals surface area contributed by atoms with E-state index in [0.717, 1.165) is 36.5 Å². The Labute approximate surface area is 87.6 Å². The lowest BCUT2D eigenvalue weighted by molar-refractivity contribution is 0.448. The molecule has 3 rings (SSSR count). The van der Waals surface area contributed by atoms with E-state index in [2.05, 4.69) is 13.0 Å². The van der Waals surface area contributed by atoms with Gasteiger partial charge in [-0.1, -0.05) is 13.0 Å². The molecule has 0 spiro atoms. The van der Waals surface area contributed by atoms with Gasteiger partial charge in [0.2, 0.25) is 0 Å². The number of allylic oxidation sites excluding steroid dienone is 2. The zero-order chi connectivity index (χ0) is 10.6. The minimum atomic E-state index is -0.463. The monoisotopic (exact) mass is 206 g/mol. The number of benzene rings is 1. The lowest BCUT2D eigenvalue weighted by Gasteiger charge is -2.19. The smallest absolute Gasteiger partial charge is 0.133 e. The number of rotatable bonds is 0. The van der Waals surface area contributed by atoms with Gasteiger partial charge in [-0.2, -0.15) is 0 Å². The standard InChI is InChI=1S/C13H12F2/c1-13-4-2-3-10(13)12-8(7-13)5-9(14)6-11(12)15/h3,5-6H,2,4,7H2,1H3. The largest absolute Gasteiger partial charge is 0.207 e. The fourth-order valence-corrected chi connectivity index (χ4v) is 2.99. The van der Waals surface area contributed by atoms with Crippen LogP contribution in [0.2, 0.25) is 0 Å². The molecule has 0 radical (unpaired) electrons. The van der Waals surface area contributed by atoms with Crippen molar-refractivity contribution in [3.05, 3.63) is 41.0 Å². The van der Waals surface area contributed by atoms with Crippen molar-refractivity contribution in [1.29, 1.82) is 0 Å². The van der Waals surface area contributed by atoms with Gasteiger partial charge in [-0.05, 0) is 41.9 Å². The normalized spacial score (nSPS) is 27.5. The van der Waals surface area contributed by atoms with Gasteiger partial charge >= 0.3 is 0 Å². The zero-order valence-electron chi connectivity index (χ0n) is 8.61. The second-order valence-electron chi connectivity index (χ2n) is 4.82. The van der Waals surface area contributed by atoms with Gasteiger partial charge in [0.25, 0.3) is 0 Å². The maximum Gasteiger partial charge on any atom is 0.133 e. The van der Waals surface area contributed by atoms with E-state index in [-0.39, 0.29) is 5.41 Å². The van der Waals surface area contributed by atoms with Crippen LogP contribution in [0.1, 0.15) is 30.9 Å². The molecule has 0 aliphatic heterocycles. The van der Waals surface area contributed by atoms with Gasteiger partial charge in [0, 0.05) is 11.6 Å². The highest BCUT2D eigenvalue weighted by Gasteiger charge is 2.41. The van der Waals surface area contributed by atoms with Gasteiger partial charge in [0.1, 0.15) is 11.6 Å². The van der Waals surface area contributed by atoms with Gasteiger partial charge in [0.05, 0.1) is 0 Å². The first kappa shape index (κ1) is 9.08. The Balaban J connectivity index is 2.26. The molecule has 0 aromatic heterocycles. The van der Waals surface area contributed by atoms with Crippen LogP contribution >= 0.6 is 0 Å². The van der Waals surface area contributed by atoms with E-state index < -0.39 is 11.6 Å². The minimum Gasteiger partial charge on any atom is -0.207 e. The second-order valence-corrected chi connectivity index (χ2v) is 4.82. The Morgan fingerprint density at radius 3 is 2.87 bits per heavy atom. The molecule has 1 aromatic rings. The molecule has 15 heavy (non-hydrogen) atoms. The molecule has 78 valence electrons. The summed E-state index contributed by atoms with van der Waals surface area (Å²) in [6.45, 7) is 2.14. The van der Waals surface area contributed by atoms with E-state index >= 15 is 0 Å². The molecule has 1 aromatic carbocycles. The first-order valence-corrected chi connectivity index (χ1v) is 5.29. The van der Waals surface area contributed by atoms with Crippen molar-refractivity contribution in [1.82, 2.24) is 0 Å². The van der Waals surface area contributed by atoms with Gasteiger partial charge in [-0.15, -0.1) is 0 Å². The summed E-state index contributed by atoms with van der Waals surface area (Å²) in [6.07, 6.45) is 4.95. The topological polar surface area (TPSA) is 0 Å². The summed E-state index contributed by atoms with van der Waals surface area (Å²) in [5.41, 5.74) is 2.64. The molecule has 2 aliphatic rings. The minimum absolute atomic E-state index is 0.0525. The Kier molecular flexibility index (Phi) is 1.63. The average Bonchev–Trinajstić information content (AvgIpc) is 2.56. The third kappa shape index (κ3) is 1.11. The van der Waals surface area contributed by atoms with Crippen molar-refractivity contribution in [2.45, 2.75) is 26.2 Å². The van der Waals surface area contributed by atoms with Crippen molar-refractivity contribution < 1.29 is 8.78 Å². The first-order valence-electron chi connectivity index (χ1n) is 5.29. The molecule has 1 atom stereocenters. The third-order valence-electron chi connectivity index (χ3n) is 3.68. The van der Waals surface area contributed by atoms with Gasteiger partial charge in [0.15, 0.2) is 0 Å². The Bertz CT molecular complexity index is 474. The highest BCUT2D eigenvalue weighted by molar-refractivity contribution is 5.79. The summed E-state index contributed by atoms with van der Waals surface area (Å²) in [4.78, 5) is 0. The molecule has 2 heteroatoms. The maximum atomic E-state index is 13.7. The molecule has 0 fully saturated rings. The van der Waals surface area contributed by atoms with E-state index in [4.69, 9.17) is 0 Å². The molecule has 0 amide bonds. The van der Waals surface area contributed by atoms with Crippen LogP contribution in [0.25, 0.3) is 5.57 Å². The third-order valence-corrected chi connectivity index (χ3v) is 3.68. The maximum absolute atomic E-state index is 13.7. The number of halogens is 2. The average molecular weight is 206 g/mol. The zero-order valence-corrected chi connectivity index (χ0v) is 8.61. The molecule has 0 nitrogen and oxygen atoms in total. The van der Waals surface area contributed by atoms with Crippen LogP contribution in [0.3, 0.4) is 0 Å². The molecule has 2 aliphatic carbocycles. The quantitative estimate of drug-likeness (QED) is 0.607. The summed E-state index contributed by atoms with van der Waals surface area (Å²) in [7, 11) is 0. The van der Waals surface area contributed by atoms with Crippen LogP contribution in [0.4, 0.5) is 8.78 Å². The van der Waals surface area contributed by atoms with Crippen LogP contribution < -0.4 is 0 Å². The Morgan fingerprint density at radius 1 is 1.27 bits per heavy atom. The van der Waals surface area contributed by atoms with E-state index in [1.54, 1.807) is 0 Å². The molecule has 0 heterocycles. The molecular weight excluding hydrogens is 194 g/mol. The fourth-order valence-electron chi connectivity index (χ4n) is 2.99. The number of hydrogen-bond acceptors (Lipinski definition) is 0. The van der Waals surface area contributed by atoms with Gasteiger partial charge in [-0.3, -0.25) is 0 Å². The number of fused-ring (bicyclic) bond motifs is 3. The van der Waals surface area contributed by atoms with Crippen molar-refractivity contribution >= 4 is 5.57 Å². The Hall–Kier alpha value is -1.18. The van der Waals surface area contributed by atoms with E-state index in [9.17, 15) is 8.78 Å². The van der Waals surface area contributed by atoms with Crippen LogP contribution in [-0.2, 0) is 6.42 Å². The lowest BCUT2D eigenvalue weighted by Crippen LogP contribution is -2.10. The van der Waals surface area contributed by atoms with Crippen LogP contribution in [0.5, 0.6) is 0 Å². The summed E-state index contributed by atoms with van der Waals surface area (Å²) < 4.78 is 26.7. The molecule has 0 bridgehead atoms. The van der Waals surface area contributed by atoms with Crippen molar-refractivity contribution in [3.63, 3.8) is 0 Å². The summed E-state index contributed by atoms with van der Waals surface area (Å²) in [5, 5.41) is 0. The predicted octanol–water partition coefficient (Wildman–Crippen LogP) is 3.70. The van der Waals surface area contributed by atoms with E-state index in [0.29, 0.717) is 5.56 Å².